The molecule has 7 heteroatoms. The molecule has 0 spiro atoms. The van der Waals surface area contributed by atoms with Gasteiger partial charge in [-0.15, -0.1) is 12.4 Å². The van der Waals surface area contributed by atoms with Gasteiger partial charge in [-0.2, -0.15) is 0 Å². The predicted molar refractivity (Wildman–Crippen MR) is 104 cm³/mol. The first-order valence-electron chi connectivity index (χ1n) is 8.77. The summed E-state index contributed by atoms with van der Waals surface area (Å²) in [6, 6.07) is 7.76. The van der Waals surface area contributed by atoms with E-state index in [9.17, 15) is 4.79 Å². The molecular formula is C19H27ClN4O2. The van der Waals surface area contributed by atoms with E-state index < -0.39 is 0 Å². The largest absolute Gasteiger partial charge is 0.491 e. The van der Waals surface area contributed by atoms with Gasteiger partial charge >= 0.3 is 0 Å². The highest BCUT2D eigenvalue weighted by molar-refractivity contribution is 5.85. The maximum atomic E-state index is 12.9. The Bertz CT molecular complexity index is 732. The zero-order valence-electron chi connectivity index (χ0n) is 15.5. The van der Waals surface area contributed by atoms with Crippen molar-refractivity contribution in [3.63, 3.8) is 0 Å². The Kier molecular flexibility index (Phi) is 7.06. The first kappa shape index (κ1) is 20.3. The number of aromatic nitrogens is 2. The van der Waals surface area contributed by atoms with E-state index in [0.717, 1.165) is 30.2 Å². The molecule has 1 unspecified atom stereocenters. The maximum Gasteiger partial charge on any atom is 0.227 e. The summed E-state index contributed by atoms with van der Waals surface area (Å²) in [5.41, 5.74) is 0.972. The number of nitrogens with one attached hydrogen (secondary N) is 1. The first-order chi connectivity index (χ1) is 12.0. The van der Waals surface area contributed by atoms with Crippen molar-refractivity contribution in [2.75, 3.05) is 19.6 Å². The number of ether oxygens (including phenoxy) is 1. The van der Waals surface area contributed by atoms with Crippen LogP contribution in [0, 0.1) is 0 Å². The van der Waals surface area contributed by atoms with E-state index in [1.54, 1.807) is 6.20 Å². The van der Waals surface area contributed by atoms with Crippen LogP contribution in [0.2, 0.25) is 0 Å². The molecule has 0 bridgehead atoms. The molecule has 2 heterocycles. The topological polar surface area (TPSA) is 59.4 Å². The standard InChI is InChI=1S/C19H26N4O2.ClH/c1-14(2)25-16-6-4-5-15(11-16)12-18(24)23-10-7-20-13-17(23)19-21-8-9-22(19)3;/h4-6,8-9,11,14,17,20H,7,10,12-13H2,1-3H3;1H. The van der Waals surface area contributed by atoms with E-state index in [1.165, 1.54) is 0 Å². The fourth-order valence-electron chi connectivity index (χ4n) is 3.21. The van der Waals surface area contributed by atoms with E-state index in [-0.39, 0.29) is 30.5 Å². The highest BCUT2D eigenvalue weighted by Crippen LogP contribution is 2.22. The third kappa shape index (κ3) is 4.77. The van der Waals surface area contributed by atoms with Gasteiger partial charge in [0.2, 0.25) is 5.91 Å². The summed E-state index contributed by atoms with van der Waals surface area (Å²) < 4.78 is 7.71. The van der Waals surface area contributed by atoms with Crippen molar-refractivity contribution in [3.05, 3.63) is 48.0 Å². The van der Waals surface area contributed by atoms with Crippen LogP contribution < -0.4 is 10.1 Å². The average Bonchev–Trinajstić information content (AvgIpc) is 3.00. The van der Waals surface area contributed by atoms with Gasteiger partial charge in [-0.1, -0.05) is 12.1 Å². The molecule has 3 rings (SSSR count). The summed E-state index contributed by atoms with van der Waals surface area (Å²) in [6.07, 6.45) is 4.18. The van der Waals surface area contributed by atoms with Gasteiger partial charge in [0.15, 0.2) is 0 Å². The second kappa shape index (κ2) is 9.05. The summed E-state index contributed by atoms with van der Waals surface area (Å²) in [4.78, 5) is 19.3. The molecule has 1 fully saturated rings. The van der Waals surface area contributed by atoms with Crippen LogP contribution in [-0.2, 0) is 18.3 Å². The predicted octanol–water partition coefficient (Wildman–Crippen LogP) is 2.34. The monoisotopic (exact) mass is 378 g/mol. The van der Waals surface area contributed by atoms with Gasteiger partial charge < -0.3 is 19.5 Å². The minimum Gasteiger partial charge on any atom is -0.491 e. The lowest BCUT2D eigenvalue weighted by Gasteiger charge is -2.36. The number of imidazole rings is 1. The van der Waals surface area contributed by atoms with Crippen LogP contribution in [0.5, 0.6) is 5.75 Å². The van der Waals surface area contributed by atoms with Gasteiger partial charge in [0.05, 0.1) is 12.5 Å². The number of amides is 1. The normalized spacial score (nSPS) is 17.1. The minimum absolute atomic E-state index is 0. The molecule has 6 nitrogen and oxygen atoms in total. The van der Waals surface area contributed by atoms with Gasteiger partial charge in [-0.25, -0.2) is 4.98 Å². The quantitative estimate of drug-likeness (QED) is 0.867. The number of halogens is 1. The van der Waals surface area contributed by atoms with Gasteiger partial charge in [-0.3, -0.25) is 4.79 Å². The first-order valence-corrected chi connectivity index (χ1v) is 8.77. The Morgan fingerprint density at radius 2 is 2.23 bits per heavy atom. The number of aryl methyl sites for hydroxylation is 1. The van der Waals surface area contributed by atoms with Crippen molar-refractivity contribution in [1.29, 1.82) is 0 Å². The van der Waals surface area contributed by atoms with Crippen molar-refractivity contribution in [2.24, 2.45) is 7.05 Å². The molecule has 1 N–H and O–H groups in total. The van der Waals surface area contributed by atoms with Gasteiger partial charge in [-0.05, 0) is 31.5 Å². The Labute approximate surface area is 161 Å². The molecule has 1 aliphatic heterocycles. The number of hydrogen-bond donors (Lipinski definition) is 1. The Hall–Kier alpha value is -2.05. The van der Waals surface area contributed by atoms with Crippen LogP contribution in [0.25, 0.3) is 0 Å². The molecule has 0 radical (unpaired) electrons. The highest BCUT2D eigenvalue weighted by Gasteiger charge is 2.30. The zero-order valence-corrected chi connectivity index (χ0v) is 16.3. The third-order valence-corrected chi connectivity index (χ3v) is 4.35. The van der Waals surface area contributed by atoms with Crippen molar-refractivity contribution in [1.82, 2.24) is 19.8 Å². The number of hydrogen-bond acceptors (Lipinski definition) is 4. The van der Waals surface area contributed by atoms with E-state index in [1.807, 2.05) is 60.8 Å². The highest BCUT2D eigenvalue weighted by atomic mass is 35.5. The summed E-state index contributed by atoms with van der Waals surface area (Å²) >= 11 is 0. The molecule has 1 aromatic carbocycles. The molecule has 1 amide bonds. The van der Waals surface area contributed by atoms with Crippen LogP contribution in [0.15, 0.2) is 36.7 Å². The molecule has 2 aromatic rings. The maximum absolute atomic E-state index is 12.9. The number of rotatable bonds is 5. The van der Waals surface area contributed by atoms with E-state index >= 15 is 0 Å². The van der Waals surface area contributed by atoms with Crippen molar-refractivity contribution < 1.29 is 9.53 Å². The number of nitrogens with zero attached hydrogens (tertiary/aromatic N) is 3. The SMILES string of the molecule is CC(C)Oc1cccc(CC(=O)N2CCNCC2c2nccn2C)c1.Cl. The van der Waals surface area contributed by atoms with Crippen molar-refractivity contribution in [2.45, 2.75) is 32.4 Å². The summed E-state index contributed by atoms with van der Waals surface area (Å²) in [5, 5.41) is 3.36. The van der Waals surface area contributed by atoms with Crippen molar-refractivity contribution >= 4 is 18.3 Å². The average molecular weight is 379 g/mol. The van der Waals surface area contributed by atoms with Crippen LogP contribution in [0.3, 0.4) is 0 Å². The number of benzene rings is 1. The summed E-state index contributed by atoms with van der Waals surface area (Å²) in [7, 11) is 1.96. The number of carbonyl (C=O) groups excluding carboxylic acids is 1. The van der Waals surface area contributed by atoms with Gasteiger partial charge in [0, 0.05) is 39.1 Å². The molecule has 1 saturated heterocycles. The lowest BCUT2D eigenvalue weighted by molar-refractivity contribution is -0.134. The molecular weight excluding hydrogens is 352 g/mol. The summed E-state index contributed by atoms with van der Waals surface area (Å²) in [5.74, 6) is 1.84. The Balaban J connectivity index is 0.00000243. The Morgan fingerprint density at radius 3 is 2.92 bits per heavy atom. The second-order valence-electron chi connectivity index (χ2n) is 6.69. The molecule has 0 saturated carbocycles. The summed E-state index contributed by atoms with van der Waals surface area (Å²) in [6.45, 7) is 6.22. The second-order valence-corrected chi connectivity index (χ2v) is 6.69. The van der Waals surface area contributed by atoms with Crippen LogP contribution >= 0.6 is 12.4 Å². The van der Waals surface area contributed by atoms with Gasteiger partial charge in [0.1, 0.15) is 17.6 Å². The van der Waals surface area contributed by atoms with Gasteiger partial charge in [0.25, 0.3) is 0 Å². The Morgan fingerprint density at radius 1 is 1.42 bits per heavy atom. The third-order valence-electron chi connectivity index (χ3n) is 4.35. The fourth-order valence-corrected chi connectivity index (χ4v) is 3.21. The lowest BCUT2D eigenvalue weighted by Crippen LogP contribution is -2.49. The molecule has 0 aliphatic carbocycles. The lowest BCUT2D eigenvalue weighted by atomic mass is 10.1. The fraction of sp³-hybridized carbons (Fsp3) is 0.474. The van der Waals surface area contributed by atoms with Crippen LogP contribution in [-0.4, -0.2) is 46.1 Å². The number of carbonyl (C=O) groups is 1. The van der Waals surface area contributed by atoms with E-state index in [0.29, 0.717) is 13.0 Å². The number of piperazine rings is 1. The molecule has 26 heavy (non-hydrogen) atoms. The zero-order chi connectivity index (χ0) is 17.8. The molecule has 142 valence electrons. The smallest absolute Gasteiger partial charge is 0.227 e. The molecule has 1 aromatic heterocycles. The molecule has 1 atom stereocenters. The van der Waals surface area contributed by atoms with Crippen LogP contribution in [0.1, 0.15) is 31.3 Å². The van der Waals surface area contributed by atoms with Crippen molar-refractivity contribution in [3.8, 4) is 5.75 Å². The van der Waals surface area contributed by atoms with Crippen LogP contribution in [0.4, 0.5) is 0 Å². The van der Waals surface area contributed by atoms with E-state index in [2.05, 4.69) is 10.3 Å². The minimum atomic E-state index is -0.0312. The molecule has 1 aliphatic rings. The van der Waals surface area contributed by atoms with E-state index in [4.69, 9.17) is 4.74 Å².